The van der Waals surface area contributed by atoms with Crippen LogP contribution in [0.4, 0.5) is 5.82 Å². The molecule has 8 nitrogen and oxygen atoms in total. The van der Waals surface area contributed by atoms with Crippen LogP contribution >= 0.6 is 11.9 Å². The highest BCUT2D eigenvalue weighted by Gasteiger charge is 2.23. The van der Waals surface area contributed by atoms with E-state index in [4.69, 9.17) is 9.72 Å². The van der Waals surface area contributed by atoms with Gasteiger partial charge in [-0.25, -0.2) is 9.97 Å². The van der Waals surface area contributed by atoms with Crippen LogP contribution in [0, 0.1) is 0 Å². The second kappa shape index (κ2) is 8.43. The number of rotatable bonds is 5. The summed E-state index contributed by atoms with van der Waals surface area (Å²) in [6, 6.07) is 11.6. The van der Waals surface area contributed by atoms with Gasteiger partial charge in [-0.05, 0) is 54.6 Å². The molecule has 1 aliphatic rings. The van der Waals surface area contributed by atoms with Crippen molar-refractivity contribution in [3.05, 3.63) is 54.0 Å². The highest BCUT2D eigenvalue weighted by Crippen LogP contribution is 2.39. The van der Waals surface area contributed by atoms with Crippen molar-refractivity contribution in [2.75, 3.05) is 23.7 Å². The van der Waals surface area contributed by atoms with Gasteiger partial charge in [-0.2, -0.15) is 5.10 Å². The van der Waals surface area contributed by atoms with Crippen LogP contribution in [0.1, 0.15) is 24.2 Å². The first-order valence-corrected chi connectivity index (χ1v) is 11.1. The molecule has 1 fully saturated rings. The van der Waals surface area contributed by atoms with Gasteiger partial charge in [-0.15, -0.1) is 0 Å². The quantitative estimate of drug-likeness (QED) is 0.455. The SMILES string of the molecule is COc1cccc(Cc2nc(-c3nc(N4CCCCS4)c4cccnc4c3O)n[nH]2)c1. The summed E-state index contributed by atoms with van der Waals surface area (Å²) in [7, 11) is 1.64. The third-order valence-electron chi connectivity index (χ3n) is 5.20. The number of H-pyrrole nitrogens is 1. The van der Waals surface area contributed by atoms with Crippen molar-refractivity contribution in [3.63, 3.8) is 0 Å². The Kier molecular flexibility index (Phi) is 5.33. The van der Waals surface area contributed by atoms with E-state index in [0.717, 1.165) is 41.2 Å². The minimum Gasteiger partial charge on any atom is -0.504 e. The first-order chi connectivity index (χ1) is 15.2. The lowest BCUT2D eigenvalue weighted by atomic mass is 10.1. The Morgan fingerprint density at radius 2 is 2.13 bits per heavy atom. The number of fused-ring (bicyclic) bond motifs is 1. The number of hydrogen-bond acceptors (Lipinski definition) is 8. The molecule has 0 amide bonds. The number of pyridine rings is 2. The van der Waals surface area contributed by atoms with Crippen molar-refractivity contribution in [2.45, 2.75) is 19.3 Å². The average molecular weight is 435 g/mol. The van der Waals surface area contributed by atoms with Crippen LogP contribution in [-0.2, 0) is 6.42 Å². The van der Waals surface area contributed by atoms with Crippen molar-refractivity contribution in [1.82, 2.24) is 25.1 Å². The summed E-state index contributed by atoms with van der Waals surface area (Å²) in [6.45, 7) is 0.904. The number of anilines is 1. The molecule has 1 aromatic carbocycles. The van der Waals surface area contributed by atoms with Crippen molar-refractivity contribution in [1.29, 1.82) is 0 Å². The lowest BCUT2D eigenvalue weighted by Gasteiger charge is -2.27. The van der Waals surface area contributed by atoms with Gasteiger partial charge in [0.1, 0.15) is 22.9 Å². The normalized spacial score (nSPS) is 14.2. The van der Waals surface area contributed by atoms with Crippen LogP contribution < -0.4 is 9.04 Å². The van der Waals surface area contributed by atoms with E-state index >= 15 is 0 Å². The molecule has 158 valence electrons. The fourth-order valence-corrected chi connectivity index (χ4v) is 4.74. The second-order valence-electron chi connectivity index (χ2n) is 7.31. The number of aromatic hydroxyl groups is 1. The predicted octanol–water partition coefficient (Wildman–Crippen LogP) is 3.97. The molecule has 1 aliphatic heterocycles. The maximum Gasteiger partial charge on any atom is 0.203 e. The molecule has 4 aromatic rings. The largest absolute Gasteiger partial charge is 0.504 e. The average Bonchev–Trinajstić information content (AvgIpc) is 3.28. The molecule has 0 aliphatic carbocycles. The minimum atomic E-state index is -0.00621. The molecule has 0 atom stereocenters. The molecular formula is C22H22N6O2S. The third kappa shape index (κ3) is 3.88. The van der Waals surface area contributed by atoms with E-state index in [-0.39, 0.29) is 5.75 Å². The maximum atomic E-state index is 10.9. The number of benzene rings is 1. The van der Waals surface area contributed by atoms with Gasteiger partial charge in [-0.3, -0.25) is 10.1 Å². The van der Waals surface area contributed by atoms with E-state index in [1.165, 1.54) is 6.42 Å². The van der Waals surface area contributed by atoms with Crippen LogP contribution in [0.15, 0.2) is 42.6 Å². The van der Waals surface area contributed by atoms with Crippen LogP contribution in [0.2, 0.25) is 0 Å². The van der Waals surface area contributed by atoms with E-state index in [1.807, 2.05) is 36.4 Å². The lowest BCUT2D eigenvalue weighted by Crippen LogP contribution is -2.22. The Bertz CT molecular complexity index is 1220. The predicted molar refractivity (Wildman–Crippen MR) is 121 cm³/mol. The van der Waals surface area contributed by atoms with Gasteiger partial charge in [-0.1, -0.05) is 12.1 Å². The highest BCUT2D eigenvalue weighted by molar-refractivity contribution is 8.00. The van der Waals surface area contributed by atoms with Crippen molar-refractivity contribution >= 4 is 28.7 Å². The van der Waals surface area contributed by atoms with Gasteiger partial charge in [0, 0.05) is 30.3 Å². The standard InChI is InChI=1S/C22H22N6O2S/c1-30-15-7-4-6-14(12-15)13-17-24-21(27-26-17)19-20(29)18-16(8-5-9-23-18)22(25-19)28-10-2-3-11-31-28/h4-9,12,29H,2-3,10-11,13H2,1H3,(H,24,26,27). The monoisotopic (exact) mass is 434 g/mol. The summed E-state index contributed by atoms with van der Waals surface area (Å²) < 4.78 is 7.47. The van der Waals surface area contributed by atoms with E-state index in [0.29, 0.717) is 29.3 Å². The molecule has 3 aromatic heterocycles. The molecule has 2 N–H and O–H groups in total. The molecule has 9 heteroatoms. The van der Waals surface area contributed by atoms with Gasteiger partial charge >= 0.3 is 0 Å². The van der Waals surface area contributed by atoms with E-state index in [1.54, 1.807) is 25.3 Å². The Morgan fingerprint density at radius 1 is 1.19 bits per heavy atom. The molecule has 0 saturated carbocycles. The Labute approximate surface area is 183 Å². The summed E-state index contributed by atoms with van der Waals surface area (Å²) in [5.74, 6) is 3.66. The van der Waals surface area contributed by atoms with Gasteiger partial charge in [0.05, 0.1) is 7.11 Å². The van der Waals surface area contributed by atoms with E-state index in [9.17, 15) is 5.11 Å². The lowest BCUT2D eigenvalue weighted by molar-refractivity contribution is 0.414. The Morgan fingerprint density at radius 3 is 2.97 bits per heavy atom. The van der Waals surface area contributed by atoms with Crippen LogP contribution in [0.3, 0.4) is 0 Å². The summed E-state index contributed by atoms with van der Waals surface area (Å²) in [5, 5.41) is 19.1. The zero-order valence-electron chi connectivity index (χ0n) is 17.1. The second-order valence-corrected chi connectivity index (χ2v) is 8.42. The zero-order valence-corrected chi connectivity index (χ0v) is 17.9. The van der Waals surface area contributed by atoms with Crippen LogP contribution in [0.5, 0.6) is 11.5 Å². The number of nitrogens with zero attached hydrogens (tertiary/aromatic N) is 5. The first kappa shape index (κ1) is 19.6. The minimum absolute atomic E-state index is 0.00621. The van der Waals surface area contributed by atoms with Crippen LogP contribution in [0.25, 0.3) is 22.4 Å². The smallest absolute Gasteiger partial charge is 0.203 e. The summed E-state index contributed by atoms with van der Waals surface area (Å²) >= 11 is 1.75. The summed E-state index contributed by atoms with van der Waals surface area (Å²) in [5.41, 5.74) is 1.89. The molecule has 31 heavy (non-hydrogen) atoms. The first-order valence-electron chi connectivity index (χ1n) is 10.2. The van der Waals surface area contributed by atoms with Gasteiger partial charge in [0.2, 0.25) is 5.82 Å². The number of aromatic amines is 1. The number of nitrogens with one attached hydrogen (secondary N) is 1. The maximum absolute atomic E-state index is 10.9. The Hall–Kier alpha value is -3.33. The van der Waals surface area contributed by atoms with Crippen molar-refractivity contribution < 1.29 is 9.84 Å². The highest BCUT2D eigenvalue weighted by atomic mass is 32.2. The number of hydrogen-bond donors (Lipinski definition) is 2. The molecule has 5 rings (SSSR count). The Balaban J connectivity index is 1.53. The van der Waals surface area contributed by atoms with Gasteiger partial charge in [0.15, 0.2) is 11.4 Å². The fraction of sp³-hybridized carbons (Fsp3) is 0.273. The molecule has 4 heterocycles. The van der Waals surface area contributed by atoms with Gasteiger partial charge < -0.3 is 14.1 Å². The zero-order chi connectivity index (χ0) is 21.2. The van der Waals surface area contributed by atoms with E-state index < -0.39 is 0 Å². The topological polar surface area (TPSA) is 100 Å². The van der Waals surface area contributed by atoms with Crippen molar-refractivity contribution in [2.24, 2.45) is 0 Å². The molecule has 0 bridgehead atoms. The van der Waals surface area contributed by atoms with Crippen LogP contribution in [-0.4, -0.2) is 49.7 Å². The van der Waals surface area contributed by atoms with E-state index in [2.05, 4.69) is 24.5 Å². The number of ether oxygens (including phenoxy) is 1. The molecular weight excluding hydrogens is 412 g/mol. The molecule has 0 spiro atoms. The van der Waals surface area contributed by atoms with Crippen molar-refractivity contribution in [3.8, 4) is 23.0 Å². The van der Waals surface area contributed by atoms with Gasteiger partial charge in [0.25, 0.3) is 0 Å². The third-order valence-corrected chi connectivity index (χ3v) is 6.34. The number of methoxy groups -OCH3 is 1. The number of aromatic nitrogens is 5. The summed E-state index contributed by atoms with van der Waals surface area (Å²) in [6.07, 6.45) is 4.53. The molecule has 1 saturated heterocycles. The summed E-state index contributed by atoms with van der Waals surface area (Å²) in [4.78, 5) is 13.8. The molecule has 0 radical (unpaired) electrons. The fourth-order valence-electron chi connectivity index (χ4n) is 3.67. The molecule has 0 unspecified atom stereocenters.